The molecule has 0 aromatic rings. The summed E-state index contributed by atoms with van der Waals surface area (Å²) in [4.78, 5) is 12.1. The van der Waals surface area contributed by atoms with E-state index in [4.69, 9.17) is 15.2 Å². The summed E-state index contributed by atoms with van der Waals surface area (Å²) in [5.41, 5.74) is 5.49. The molecule has 0 radical (unpaired) electrons. The Labute approximate surface area is 116 Å². The number of ether oxygens (including phenoxy) is 2. The van der Waals surface area contributed by atoms with E-state index in [0.717, 1.165) is 45.1 Å². The van der Waals surface area contributed by atoms with Gasteiger partial charge in [0, 0.05) is 26.8 Å². The summed E-state index contributed by atoms with van der Waals surface area (Å²) in [6.45, 7) is 3.18. The smallest absolute Gasteiger partial charge is 0.227 e. The maximum Gasteiger partial charge on any atom is 0.227 e. The van der Waals surface area contributed by atoms with E-state index in [0.29, 0.717) is 26.3 Å². The molecule has 0 aliphatic heterocycles. The Morgan fingerprint density at radius 3 is 2.58 bits per heavy atom. The van der Waals surface area contributed by atoms with Gasteiger partial charge >= 0.3 is 0 Å². The third kappa shape index (κ3) is 5.47. The van der Waals surface area contributed by atoms with Gasteiger partial charge in [-0.1, -0.05) is 12.8 Å². The van der Waals surface area contributed by atoms with Crippen LogP contribution in [0, 0.1) is 5.41 Å². The molecule has 1 rings (SSSR count). The van der Waals surface area contributed by atoms with Crippen LogP contribution in [0.3, 0.4) is 0 Å². The number of methoxy groups -OCH3 is 1. The fourth-order valence-corrected chi connectivity index (χ4v) is 2.54. The Morgan fingerprint density at radius 2 is 1.95 bits per heavy atom. The summed E-state index contributed by atoms with van der Waals surface area (Å²) in [6.07, 6.45) is 6.03. The molecular weight excluding hydrogens is 244 g/mol. The molecule has 1 aliphatic carbocycles. The van der Waals surface area contributed by atoms with Crippen LogP contribution >= 0.6 is 0 Å². The Balaban J connectivity index is 2.04. The predicted molar refractivity (Wildman–Crippen MR) is 74.9 cm³/mol. The minimum Gasteiger partial charge on any atom is -0.382 e. The lowest BCUT2D eigenvalue weighted by Crippen LogP contribution is -2.44. The topological polar surface area (TPSA) is 73.6 Å². The van der Waals surface area contributed by atoms with Crippen LogP contribution < -0.4 is 11.1 Å². The number of nitrogens with two attached hydrogens (primary N) is 1. The number of nitrogens with one attached hydrogen (secondary N) is 1. The quantitative estimate of drug-likeness (QED) is 0.583. The standard InChI is InChI=1S/C14H28N2O3/c1-18-10-11-19-9-5-4-8-16-13(17)14(12-15)6-2-3-7-14/h2-12,15H2,1H3,(H,16,17). The molecule has 5 heteroatoms. The molecule has 3 N–H and O–H groups in total. The van der Waals surface area contributed by atoms with E-state index in [1.54, 1.807) is 7.11 Å². The summed E-state index contributed by atoms with van der Waals surface area (Å²) in [5, 5.41) is 3.02. The van der Waals surface area contributed by atoms with E-state index in [-0.39, 0.29) is 11.3 Å². The maximum atomic E-state index is 12.1. The van der Waals surface area contributed by atoms with Crippen molar-refractivity contribution in [1.29, 1.82) is 0 Å². The first kappa shape index (κ1) is 16.4. The van der Waals surface area contributed by atoms with Gasteiger partial charge in [0.1, 0.15) is 0 Å². The fourth-order valence-electron chi connectivity index (χ4n) is 2.54. The average molecular weight is 272 g/mol. The van der Waals surface area contributed by atoms with Crippen molar-refractivity contribution in [3.63, 3.8) is 0 Å². The zero-order valence-electron chi connectivity index (χ0n) is 12.1. The van der Waals surface area contributed by atoms with Crippen molar-refractivity contribution in [1.82, 2.24) is 5.32 Å². The minimum atomic E-state index is -0.283. The van der Waals surface area contributed by atoms with Crippen LogP contribution in [0.15, 0.2) is 0 Å². The molecule has 0 unspecified atom stereocenters. The van der Waals surface area contributed by atoms with Crippen molar-refractivity contribution in [2.45, 2.75) is 38.5 Å². The zero-order valence-corrected chi connectivity index (χ0v) is 12.1. The highest BCUT2D eigenvalue weighted by molar-refractivity contribution is 5.83. The minimum absolute atomic E-state index is 0.146. The van der Waals surface area contributed by atoms with Crippen LogP contribution in [-0.4, -0.2) is 45.9 Å². The Hall–Kier alpha value is -0.650. The van der Waals surface area contributed by atoms with Gasteiger partial charge in [0.2, 0.25) is 5.91 Å². The lowest BCUT2D eigenvalue weighted by Gasteiger charge is -2.25. The summed E-state index contributed by atoms with van der Waals surface area (Å²) >= 11 is 0. The van der Waals surface area contributed by atoms with Gasteiger partial charge < -0.3 is 20.5 Å². The van der Waals surface area contributed by atoms with Gasteiger partial charge in [-0.15, -0.1) is 0 Å². The van der Waals surface area contributed by atoms with E-state index >= 15 is 0 Å². The molecule has 0 aromatic heterocycles. The summed E-state index contributed by atoms with van der Waals surface area (Å²) in [7, 11) is 1.66. The van der Waals surface area contributed by atoms with Crippen molar-refractivity contribution >= 4 is 5.91 Å². The monoisotopic (exact) mass is 272 g/mol. The van der Waals surface area contributed by atoms with E-state index in [1.165, 1.54) is 0 Å². The van der Waals surface area contributed by atoms with E-state index in [9.17, 15) is 4.79 Å². The second-order valence-electron chi connectivity index (χ2n) is 5.26. The van der Waals surface area contributed by atoms with E-state index < -0.39 is 0 Å². The van der Waals surface area contributed by atoms with E-state index in [2.05, 4.69) is 5.32 Å². The van der Waals surface area contributed by atoms with Crippen LogP contribution in [0.4, 0.5) is 0 Å². The van der Waals surface area contributed by atoms with Gasteiger partial charge in [0.15, 0.2) is 0 Å². The normalized spacial score (nSPS) is 17.6. The molecule has 19 heavy (non-hydrogen) atoms. The Morgan fingerprint density at radius 1 is 1.21 bits per heavy atom. The number of hydrogen-bond donors (Lipinski definition) is 2. The van der Waals surface area contributed by atoms with Gasteiger partial charge in [-0.25, -0.2) is 0 Å². The number of hydrogen-bond acceptors (Lipinski definition) is 4. The molecule has 0 aromatic carbocycles. The van der Waals surface area contributed by atoms with Crippen molar-refractivity contribution in [2.75, 3.05) is 40.0 Å². The van der Waals surface area contributed by atoms with Crippen LogP contribution in [0.25, 0.3) is 0 Å². The molecule has 0 saturated heterocycles. The molecular formula is C14H28N2O3. The third-order valence-corrected chi connectivity index (χ3v) is 3.87. The molecule has 0 bridgehead atoms. The Kier molecular flexibility index (Phi) is 8.02. The maximum absolute atomic E-state index is 12.1. The van der Waals surface area contributed by atoms with Crippen molar-refractivity contribution in [3.05, 3.63) is 0 Å². The molecule has 0 spiro atoms. The van der Waals surface area contributed by atoms with Crippen LogP contribution in [0.5, 0.6) is 0 Å². The largest absolute Gasteiger partial charge is 0.382 e. The van der Waals surface area contributed by atoms with Crippen molar-refractivity contribution in [2.24, 2.45) is 11.1 Å². The number of carbonyl (C=O) groups excluding carboxylic acids is 1. The fraction of sp³-hybridized carbons (Fsp3) is 0.929. The first-order chi connectivity index (χ1) is 9.25. The van der Waals surface area contributed by atoms with Gasteiger partial charge in [0.05, 0.1) is 18.6 Å². The third-order valence-electron chi connectivity index (χ3n) is 3.87. The van der Waals surface area contributed by atoms with Crippen LogP contribution in [0.1, 0.15) is 38.5 Å². The SMILES string of the molecule is COCCOCCCCNC(=O)C1(CN)CCCC1. The Bertz CT molecular complexity index is 253. The second kappa shape index (κ2) is 9.28. The highest BCUT2D eigenvalue weighted by atomic mass is 16.5. The number of amides is 1. The molecule has 1 saturated carbocycles. The molecule has 0 atom stereocenters. The first-order valence-electron chi connectivity index (χ1n) is 7.30. The van der Waals surface area contributed by atoms with Crippen LogP contribution in [0.2, 0.25) is 0 Å². The summed E-state index contributed by atoms with van der Waals surface area (Å²) in [6, 6.07) is 0. The molecule has 1 amide bonds. The molecule has 0 heterocycles. The highest BCUT2D eigenvalue weighted by Crippen LogP contribution is 2.37. The molecule has 1 aliphatic rings. The first-order valence-corrected chi connectivity index (χ1v) is 7.30. The molecule has 112 valence electrons. The second-order valence-corrected chi connectivity index (χ2v) is 5.26. The number of carbonyl (C=O) groups is 1. The lowest BCUT2D eigenvalue weighted by molar-refractivity contribution is -0.130. The van der Waals surface area contributed by atoms with Gasteiger partial charge in [-0.3, -0.25) is 4.79 Å². The van der Waals surface area contributed by atoms with Gasteiger partial charge in [-0.2, -0.15) is 0 Å². The average Bonchev–Trinajstić information content (AvgIpc) is 2.91. The predicted octanol–water partition coefficient (Wildman–Crippen LogP) is 1.06. The lowest BCUT2D eigenvalue weighted by atomic mass is 9.85. The van der Waals surface area contributed by atoms with E-state index in [1.807, 2.05) is 0 Å². The summed E-state index contributed by atoms with van der Waals surface area (Å²) in [5.74, 6) is 0.146. The molecule has 1 fully saturated rings. The molecule has 5 nitrogen and oxygen atoms in total. The summed E-state index contributed by atoms with van der Waals surface area (Å²) < 4.78 is 10.3. The van der Waals surface area contributed by atoms with Crippen molar-refractivity contribution in [3.8, 4) is 0 Å². The van der Waals surface area contributed by atoms with Crippen molar-refractivity contribution < 1.29 is 14.3 Å². The van der Waals surface area contributed by atoms with Gasteiger partial charge in [0.25, 0.3) is 0 Å². The number of unbranched alkanes of at least 4 members (excludes halogenated alkanes) is 1. The number of rotatable bonds is 10. The highest BCUT2D eigenvalue weighted by Gasteiger charge is 2.39. The van der Waals surface area contributed by atoms with Gasteiger partial charge in [-0.05, 0) is 25.7 Å². The van der Waals surface area contributed by atoms with Crippen LogP contribution in [-0.2, 0) is 14.3 Å². The zero-order chi connectivity index (χ0) is 14.0.